The first-order valence-electron chi connectivity index (χ1n) is 7.41. The van der Waals surface area contributed by atoms with Gasteiger partial charge in [-0.1, -0.05) is 18.2 Å². The van der Waals surface area contributed by atoms with E-state index in [4.69, 9.17) is 14.2 Å². The molecule has 1 aromatic carbocycles. The maximum Gasteiger partial charge on any atom is 0.220 e. The van der Waals surface area contributed by atoms with Gasteiger partial charge in [-0.05, 0) is 24.5 Å². The number of nitrogens with one attached hydrogen (secondary N) is 1. The van der Waals surface area contributed by atoms with E-state index in [-0.39, 0.29) is 12.2 Å². The van der Waals surface area contributed by atoms with Crippen LogP contribution in [-0.4, -0.2) is 39.1 Å². The smallest absolute Gasteiger partial charge is 0.220 e. The highest BCUT2D eigenvalue weighted by Gasteiger charge is 2.14. The Bertz CT molecular complexity index is 444. The van der Waals surface area contributed by atoms with Crippen molar-refractivity contribution in [1.29, 1.82) is 0 Å². The highest BCUT2D eigenvalue weighted by Crippen LogP contribution is 2.18. The molecule has 116 valence electrons. The average Bonchev–Trinajstić information content (AvgIpc) is 2.54. The maximum atomic E-state index is 11.8. The first-order chi connectivity index (χ1) is 10.3. The summed E-state index contributed by atoms with van der Waals surface area (Å²) in [6.07, 6.45) is 2.59. The molecule has 0 radical (unpaired) electrons. The zero-order chi connectivity index (χ0) is 14.9. The van der Waals surface area contributed by atoms with Crippen molar-refractivity contribution in [3.63, 3.8) is 0 Å². The van der Waals surface area contributed by atoms with Crippen molar-refractivity contribution in [2.24, 2.45) is 0 Å². The third-order valence-corrected chi connectivity index (χ3v) is 3.41. The van der Waals surface area contributed by atoms with Gasteiger partial charge in [-0.3, -0.25) is 4.79 Å². The minimum atomic E-state index is -0.173. The first kappa shape index (κ1) is 15.8. The van der Waals surface area contributed by atoms with Gasteiger partial charge in [0.1, 0.15) is 5.75 Å². The molecule has 0 aliphatic carbocycles. The lowest BCUT2D eigenvalue weighted by atomic mass is 10.1. The predicted octanol–water partition coefficient (Wildman–Crippen LogP) is 1.90. The molecule has 1 amide bonds. The summed E-state index contributed by atoms with van der Waals surface area (Å²) in [5, 5.41) is 2.90. The molecule has 1 N–H and O–H groups in total. The number of ether oxygens (including phenoxy) is 3. The maximum absolute atomic E-state index is 11.8. The normalized spacial score (nSPS) is 15.7. The summed E-state index contributed by atoms with van der Waals surface area (Å²) >= 11 is 0. The van der Waals surface area contributed by atoms with E-state index in [9.17, 15) is 4.79 Å². The minimum absolute atomic E-state index is 0.0386. The second kappa shape index (κ2) is 8.64. The van der Waals surface area contributed by atoms with Crippen molar-refractivity contribution in [3.8, 4) is 5.75 Å². The van der Waals surface area contributed by atoms with Crippen molar-refractivity contribution >= 4 is 5.91 Å². The standard InChI is InChI=1S/C16H23NO4/c1-19-14-6-3-2-5-13(14)7-8-15(18)17-10-9-16-20-11-4-12-21-16/h2-3,5-6,16H,4,7-12H2,1H3,(H,17,18). The van der Waals surface area contributed by atoms with Crippen LogP contribution in [0.5, 0.6) is 5.75 Å². The van der Waals surface area contributed by atoms with E-state index in [0.29, 0.717) is 25.8 Å². The second-order valence-electron chi connectivity index (χ2n) is 4.98. The van der Waals surface area contributed by atoms with Crippen LogP contribution in [0.25, 0.3) is 0 Å². The summed E-state index contributed by atoms with van der Waals surface area (Å²) < 4.78 is 16.1. The summed E-state index contributed by atoms with van der Waals surface area (Å²) in [5.74, 6) is 0.867. The monoisotopic (exact) mass is 293 g/mol. The summed E-state index contributed by atoms with van der Waals surface area (Å²) in [6.45, 7) is 2.06. The van der Waals surface area contributed by atoms with E-state index in [1.165, 1.54) is 0 Å². The number of hydrogen-bond donors (Lipinski definition) is 1. The molecule has 1 aromatic rings. The summed E-state index contributed by atoms with van der Waals surface area (Å²) in [6, 6.07) is 7.76. The van der Waals surface area contributed by atoms with Crippen LogP contribution >= 0.6 is 0 Å². The highest BCUT2D eigenvalue weighted by atomic mass is 16.7. The molecule has 5 heteroatoms. The number of hydrogen-bond acceptors (Lipinski definition) is 4. The zero-order valence-corrected chi connectivity index (χ0v) is 12.5. The van der Waals surface area contributed by atoms with Crippen molar-refractivity contribution < 1.29 is 19.0 Å². The Labute approximate surface area is 125 Å². The van der Waals surface area contributed by atoms with Crippen LogP contribution < -0.4 is 10.1 Å². The highest BCUT2D eigenvalue weighted by molar-refractivity contribution is 5.76. The fourth-order valence-corrected chi connectivity index (χ4v) is 2.28. The lowest BCUT2D eigenvalue weighted by molar-refractivity contribution is -0.180. The second-order valence-corrected chi connectivity index (χ2v) is 4.98. The molecular weight excluding hydrogens is 270 g/mol. The molecule has 1 aliphatic rings. The van der Waals surface area contributed by atoms with Gasteiger partial charge in [0, 0.05) is 19.4 Å². The van der Waals surface area contributed by atoms with Gasteiger partial charge in [0.05, 0.1) is 20.3 Å². The Morgan fingerprint density at radius 2 is 2.10 bits per heavy atom. The molecule has 1 fully saturated rings. The number of methoxy groups -OCH3 is 1. The van der Waals surface area contributed by atoms with Gasteiger partial charge < -0.3 is 19.5 Å². The molecule has 1 saturated heterocycles. The van der Waals surface area contributed by atoms with Crippen LogP contribution in [0.1, 0.15) is 24.8 Å². The van der Waals surface area contributed by atoms with Crippen LogP contribution in [0.2, 0.25) is 0 Å². The average molecular weight is 293 g/mol. The Balaban J connectivity index is 1.65. The van der Waals surface area contributed by atoms with Gasteiger partial charge in [-0.2, -0.15) is 0 Å². The third-order valence-electron chi connectivity index (χ3n) is 3.41. The van der Waals surface area contributed by atoms with Crippen molar-refractivity contribution in [1.82, 2.24) is 5.32 Å². The molecule has 2 rings (SSSR count). The number of benzene rings is 1. The molecule has 0 spiro atoms. The summed E-state index contributed by atoms with van der Waals surface area (Å²) in [5.41, 5.74) is 1.05. The van der Waals surface area contributed by atoms with E-state index < -0.39 is 0 Å². The fraction of sp³-hybridized carbons (Fsp3) is 0.562. The van der Waals surface area contributed by atoms with E-state index in [0.717, 1.165) is 30.9 Å². The van der Waals surface area contributed by atoms with E-state index in [1.54, 1.807) is 7.11 Å². The van der Waals surface area contributed by atoms with Crippen molar-refractivity contribution in [3.05, 3.63) is 29.8 Å². The van der Waals surface area contributed by atoms with Crippen molar-refractivity contribution in [2.45, 2.75) is 32.0 Å². The quantitative estimate of drug-likeness (QED) is 0.834. The van der Waals surface area contributed by atoms with Crippen LogP contribution in [0.3, 0.4) is 0 Å². The number of rotatable bonds is 7. The first-order valence-corrected chi connectivity index (χ1v) is 7.41. The molecule has 0 atom stereocenters. The molecule has 5 nitrogen and oxygen atoms in total. The van der Waals surface area contributed by atoms with Gasteiger partial charge in [-0.15, -0.1) is 0 Å². The number of carbonyl (C=O) groups excluding carboxylic acids is 1. The van der Waals surface area contributed by atoms with Gasteiger partial charge >= 0.3 is 0 Å². The molecule has 0 saturated carbocycles. The van der Waals surface area contributed by atoms with E-state index >= 15 is 0 Å². The van der Waals surface area contributed by atoms with E-state index in [1.807, 2.05) is 24.3 Å². The third kappa shape index (κ3) is 5.36. The fourth-order valence-electron chi connectivity index (χ4n) is 2.28. The number of para-hydroxylation sites is 1. The SMILES string of the molecule is COc1ccccc1CCC(=O)NCCC1OCCCO1. The zero-order valence-electron chi connectivity index (χ0n) is 12.5. The Morgan fingerprint density at radius 1 is 1.33 bits per heavy atom. The number of aryl methyl sites for hydroxylation is 1. The van der Waals surface area contributed by atoms with Gasteiger partial charge in [0.15, 0.2) is 6.29 Å². The summed E-state index contributed by atoms with van der Waals surface area (Å²) in [4.78, 5) is 11.8. The summed E-state index contributed by atoms with van der Waals surface area (Å²) in [7, 11) is 1.64. The van der Waals surface area contributed by atoms with Gasteiger partial charge in [-0.25, -0.2) is 0 Å². The van der Waals surface area contributed by atoms with Crippen LogP contribution in [0, 0.1) is 0 Å². The van der Waals surface area contributed by atoms with Gasteiger partial charge in [0.25, 0.3) is 0 Å². The Morgan fingerprint density at radius 3 is 2.86 bits per heavy atom. The minimum Gasteiger partial charge on any atom is -0.496 e. The lowest BCUT2D eigenvalue weighted by Crippen LogP contribution is -2.31. The van der Waals surface area contributed by atoms with E-state index in [2.05, 4.69) is 5.32 Å². The molecule has 21 heavy (non-hydrogen) atoms. The molecular formula is C16H23NO4. The Kier molecular flexibility index (Phi) is 6.50. The molecule has 0 unspecified atom stereocenters. The molecule has 0 aromatic heterocycles. The molecule has 0 bridgehead atoms. The molecule has 1 aliphatic heterocycles. The largest absolute Gasteiger partial charge is 0.496 e. The number of amides is 1. The number of carbonyl (C=O) groups is 1. The van der Waals surface area contributed by atoms with Crippen LogP contribution in [0.4, 0.5) is 0 Å². The van der Waals surface area contributed by atoms with Gasteiger partial charge in [0.2, 0.25) is 5.91 Å². The van der Waals surface area contributed by atoms with Crippen LogP contribution in [0.15, 0.2) is 24.3 Å². The predicted molar refractivity (Wildman–Crippen MR) is 79.3 cm³/mol. The lowest BCUT2D eigenvalue weighted by Gasteiger charge is -2.23. The Hall–Kier alpha value is -1.59. The van der Waals surface area contributed by atoms with Crippen molar-refractivity contribution in [2.75, 3.05) is 26.9 Å². The molecule has 1 heterocycles. The topological polar surface area (TPSA) is 56.8 Å². The van der Waals surface area contributed by atoms with Crippen LogP contribution in [-0.2, 0) is 20.7 Å².